The van der Waals surface area contributed by atoms with E-state index in [0.717, 1.165) is 28.2 Å². The molecule has 0 bridgehead atoms. The Morgan fingerprint density at radius 3 is 2.29 bits per heavy atom. The van der Waals surface area contributed by atoms with Crippen molar-refractivity contribution in [2.75, 3.05) is 13.3 Å². The zero-order valence-corrected chi connectivity index (χ0v) is 18.7. The topological polar surface area (TPSA) is 79.8 Å². The molecule has 3 rings (SSSR count). The number of sulfone groups is 1. The van der Waals surface area contributed by atoms with E-state index in [1.165, 1.54) is 6.26 Å². The number of nitrogens with one attached hydrogen (secondary N) is 2. The number of aryl methyl sites for hydroxylation is 1. The lowest BCUT2D eigenvalue weighted by Gasteiger charge is -2.15. The lowest BCUT2D eigenvalue weighted by molar-refractivity contribution is 0.475. The van der Waals surface area contributed by atoms with Crippen LogP contribution < -0.4 is 15.4 Å². The lowest BCUT2D eigenvalue weighted by Crippen LogP contribution is -2.36. The van der Waals surface area contributed by atoms with Gasteiger partial charge in [-0.25, -0.2) is 8.42 Å². The minimum atomic E-state index is -3.22. The van der Waals surface area contributed by atoms with E-state index < -0.39 is 9.84 Å². The maximum Gasteiger partial charge on any atom is 0.191 e. The summed E-state index contributed by atoms with van der Waals surface area (Å²) in [6, 6.07) is 22.8. The fourth-order valence-corrected chi connectivity index (χ4v) is 4.15. The van der Waals surface area contributed by atoms with Crippen LogP contribution in [0, 0.1) is 6.92 Å². The minimum absolute atomic E-state index is 0.355. The lowest BCUT2D eigenvalue weighted by atomic mass is 10.1. The zero-order valence-electron chi connectivity index (χ0n) is 17.9. The quantitative estimate of drug-likeness (QED) is 0.431. The molecule has 3 aromatic rings. The average Bonchev–Trinajstić information content (AvgIpc) is 2.75. The van der Waals surface area contributed by atoms with Gasteiger partial charge in [-0.05, 0) is 42.3 Å². The fraction of sp³-hybridized carbons (Fsp3) is 0.208. The van der Waals surface area contributed by atoms with Crippen molar-refractivity contribution >= 4 is 15.8 Å². The normalized spacial score (nSPS) is 11.8. The summed E-state index contributed by atoms with van der Waals surface area (Å²) in [6.07, 6.45) is 1.22. The van der Waals surface area contributed by atoms with E-state index >= 15 is 0 Å². The number of rotatable bonds is 7. The standard InChI is InChI=1S/C24H27N3O3S/c1-18-15-19(13-14-23(18)31(3,28)29)16-26-24(25-2)27-17-20-9-7-8-12-22(20)30-21-10-5-4-6-11-21/h4-15H,16-17H2,1-3H3,(H2,25,26,27). The van der Waals surface area contributed by atoms with Crippen LogP contribution in [0.4, 0.5) is 0 Å². The van der Waals surface area contributed by atoms with Crippen LogP contribution in [-0.2, 0) is 22.9 Å². The molecule has 0 atom stereocenters. The van der Waals surface area contributed by atoms with Gasteiger partial charge in [0.25, 0.3) is 0 Å². The number of guanidine groups is 1. The van der Waals surface area contributed by atoms with Gasteiger partial charge in [0.15, 0.2) is 15.8 Å². The number of hydrogen-bond acceptors (Lipinski definition) is 4. The van der Waals surface area contributed by atoms with Crippen LogP contribution in [0.2, 0.25) is 0 Å². The SMILES string of the molecule is CN=C(NCc1ccc(S(C)(=O)=O)c(C)c1)NCc1ccccc1Oc1ccccc1. The number of para-hydroxylation sites is 2. The summed E-state index contributed by atoms with van der Waals surface area (Å²) < 4.78 is 29.6. The summed E-state index contributed by atoms with van der Waals surface area (Å²) in [5.41, 5.74) is 2.71. The molecule has 0 unspecified atom stereocenters. The van der Waals surface area contributed by atoms with Gasteiger partial charge in [-0.15, -0.1) is 0 Å². The van der Waals surface area contributed by atoms with Gasteiger partial charge in [-0.2, -0.15) is 0 Å². The Hall–Kier alpha value is -3.32. The largest absolute Gasteiger partial charge is 0.457 e. The number of benzene rings is 3. The Morgan fingerprint density at radius 1 is 0.935 bits per heavy atom. The molecule has 0 saturated carbocycles. The summed E-state index contributed by atoms with van der Waals surface area (Å²) >= 11 is 0. The van der Waals surface area contributed by atoms with Crippen molar-refractivity contribution in [2.45, 2.75) is 24.9 Å². The van der Waals surface area contributed by atoms with Crippen molar-refractivity contribution < 1.29 is 13.2 Å². The third-order valence-electron chi connectivity index (χ3n) is 4.71. The average molecular weight is 438 g/mol. The second-order valence-electron chi connectivity index (χ2n) is 7.17. The highest BCUT2D eigenvalue weighted by molar-refractivity contribution is 7.90. The van der Waals surface area contributed by atoms with E-state index in [-0.39, 0.29) is 0 Å². The van der Waals surface area contributed by atoms with Crippen molar-refractivity contribution in [1.29, 1.82) is 0 Å². The Bertz CT molecular complexity index is 1160. The molecular weight excluding hydrogens is 410 g/mol. The monoisotopic (exact) mass is 437 g/mol. The molecule has 0 amide bonds. The Balaban J connectivity index is 1.61. The van der Waals surface area contributed by atoms with E-state index in [1.54, 1.807) is 20.0 Å². The maximum absolute atomic E-state index is 11.8. The third-order valence-corrected chi connectivity index (χ3v) is 5.97. The predicted octanol–water partition coefficient (Wildman–Crippen LogP) is 4.06. The molecule has 0 spiro atoms. The molecule has 0 fully saturated rings. The van der Waals surface area contributed by atoms with Gasteiger partial charge in [0.1, 0.15) is 11.5 Å². The van der Waals surface area contributed by atoms with Crippen LogP contribution in [0.25, 0.3) is 0 Å². The zero-order chi connectivity index (χ0) is 22.3. The first-order valence-electron chi connectivity index (χ1n) is 9.92. The Labute approximate surface area is 183 Å². The molecule has 31 heavy (non-hydrogen) atoms. The van der Waals surface area contributed by atoms with Crippen molar-refractivity contribution in [3.05, 3.63) is 89.5 Å². The van der Waals surface area contributed by atoms with Gasteiger partial charge in [0.2, 0.25) is 0 Å². The van der Waals surface area contributed by atoms with Crippen molar-refractivity contribution in [3.63, 3.8) is 0 Å². The van der Waals surface area contributed by atoms with Gasteiger partial charge in [0, 0.05) is 32.0 Å². The first-order valence-corrected chi connectivity index (χ1v) is 11.8. The summed E-state index contributed by atoms with van der Waals surface area (Å²) in [7, 11) is -1.51. The molecule has 0 aromatic heterocycles. The number of aliphatic imine (C=N–C) groups is 1. The summed E-state index contributed by atoms with van der Waals surface area (Å²) in [6.45, 7) is 2.86. The van der Waals surface area contributed by atoms with Crippen LogP contribution >= 0.6 is 0 Å². The molecule has 0 aliphatic heterocycles. The molecule has 0 saturated heterocycles. The Kier molecular flexibility index (Phi) is 7.31. The van der Waals surface area contributed by atoms with Crippen LogP contribution in [0.5, 0.6) is 11.5 Å². The molecule has 3 aromatic carbocycles. The predicted molar refractivity (Wildman–Crippen MR) is 124 cm³/mol. The molecule has 0 heterocycles. The highest BCUT2D eigenvalue weighted by Gasteiger charge is 2.11. The van der Waals surface area contributed by atoms with Gasteiger partial charge in [-0.1, -0.05) is 48.5 Å². The second kappa shape index (κ2) is 10.1. The van der Waals surface area contributed by atoms with Gasteiger partial charge in [-0.3, -0.25) is 4.99 Å². The molecule has 0 aliphatic carbocycles. The van der Waals surface area contributed by atoms with Crippen LogP contribution in [0.3, 0.4) is 0 Å². The molecule has 0 radical (unpaired) electrons. The van der Waals surface area contributed by atoms with Crippen molar-refractivity contribution in [2.24, 2.45) is 4.99 Å². The molecule has 162 valence electrons. The van der Waals surface area contributed by atoms with E-state index in [4.69, 9.17) is 4.74 Å². The van der Waals surface area contributed by atoms with E-state index in [0.29, 0.717) is 23.9 Å². The molecule has 2 N–H and O–H groups in total. The first-order chi connectivity index (χ1) is 14.9. The maximum atomic E-state index is 11.8. The van der Waals surface area contributed by atoms with Crippen LogP contribution in [0.1, 0.15) is 16.7 Å². The smallest absolute Gasteiger partial charge is 0.191 e. The van der Waals surface area contributed by atoms with Crippen molar-refractivity contribution in [3.8, 4) is 11.5 Å². The molecule has 6 nitrogen and oxygen atoms in total. The fourth-order valence-electron chi connectivity index (χ4n) is 3.19. The minimum Gasteiger partial charge on any atom is -0.457 e. The number of nitrogens with zero attached hydrogens (tertiary/aromatic N) is 1. The molecule has 7 heteroatoms. The highest BCUT2D eigenvalue weighted by Crippen LogP contribution is 2.24. The Morgan fingerprint density at radius 2 is 1.61 bits per heavy atom. The second-order valence-corrected chi connectivity index (χ2v) is 9.16. The van der Waals surface area contributed by atoms with Gasteiger partial charge in [0.05, 0.1) is 4.90 Å². The summed E-state index contributed by atoms with van der Waals surface area (Å²) in [5.74, 6) is 2.20. The van der Waals surface area contributed by atoms with Gasteiger partial charge >= 0.3 is 0 Å². The van der Waals surface area contributed by atoms with E-state index in [9.17, 15) is 8.42 Å². The van der Waals surface area contributed by atoms with Crippen LogP contribution in [0.15, 0.2) is 82.7 Å². The summed E-state index contributed by atoms with van der Waals surface area (Å²) in [4.78, 5) is 4.62. The number of hydrogen-bond donors (Lipinski definition) is 2. The van der Waals surface area contributed by atoms with E-state index in [1.807, 2.05) is 66.7 Å². The summed E-state index contributed by atoms with van der Waals surface area (Å²) in [5, 5.41) is 6.55. The highest BCUT2D eigenvalue weighted by atomic mass is 32.2. The first kappa shape index (κ1) is 22.4. The van der Waals surface area contributed by atoms with E-state index in [2.05, 4.69) is 15.6 Å². The number of ether oxygens (including phenoxy) is 1. The van der Waals surface area contributed by atoms with Crippen molar-refractivity contribution in [1.82, 2.24) is 10.6 Å². The van der Waals surface area contributed by atoms with Gasteiger partial charge < -0.3 is 15.4 Å². The third kappa shape index (κ3) is 6.33. The molecule has 0 aliphatic rings. The molecular formula is C24H27N3O3S. The van der Waals surface area contributed by atoms with Crippen LogP contribution in [-0.4, -0.2) is 27.7 Å².